The third-order valence-electron chi connectivity index (χ3n) is 2.70. The van der Waals surface area contributed by atoms with Crippen LogP contribution in [0.1, 0.15) is 30.6 Å². The van der Waals surface area contributed by atoms with E-state index in [1.165, 1.54) is 4.88 Å². The average Bonchev–Trinajstić information content (AvgIpc) is 3.06. The molecule has 1 saturated carbocycles. The second-order valence-corrected chi connectivity index (χ2v) is 7.77. The zero-order valence-electron chi connectivity index (χ0n) is 9.97. The maximum atomic E-state index is 11.4. The molecule has 0 atom stereocenters. The second-order valence-electron chi connectivity index (χ2n) is 4.46. The maximum Gasteiger partial charge on any atom is 0.220 e. The molecule has 1 aromatic heterocycles. The van der Waals surface area contributed by atoms with Gasteiger partial charge in [-0.05, 0) is 63.7 Å². The molecular formula is C12H16Br2N2OS. The van der Waals surface area contributed by atoms with Gasteiger partial charge in [-0.15, -0.1) is 11.3 Å². The minimum atomic E-state index is 0.195. The predicted octanol–water partition coefficient (Wildman–Crippen LogP) is 3.42. The summed E-state index contributed by atoms with van der Waals surface area (Å²) in [5.74, 6) is 0.195. The molecule has 0 unspecified atom stereocenters. The van der Waals surface area contributed by atoms with E-state index >= 15 is 0 Å². The number of hydrogen-bond donors (Lipinski definition) is 2. The zero-order chi connectivity index (χ0) is 13.0. The molecule has 100 valence electrons. The van der Waals surface area contributed by atoms with Gasteiger partial charge in [0.2, 0.25) is 5.91 Å². The zero-order valence-corrected chi connectivity index (χ0v) is 14.0. The number of rotatable bonds is 7. The topological polar surface area (TPSA) is 41.1 Å². The number of amides is 1. The smallest absolute Gasteiger partial charge is 0.220 e. The third-order valence-corrected chi connectivity index (χ3v) is 5.95. The molecule has 1 aliphatic carbocycles. The van der Waals surface area contributed by atoms with Crippen LogP contribution in [-0.4, -0.2) is 18.5 Å². The lowest BCUT2D eigenvalue weighted by molar-refractivity contribution is -0.121. The van der Waals surface area contributed by atoms with Crippen LogP contribution in [0.15, 0.2) is 14.3 Å². The number of thiophene rings is 1. The third kappa shape index (κ3) is 4.99. The van der Waals surface area contributed by atoms with E-state index in [0.717, 1.165) is 40.6 Å². The van der Waals surface area contributed by atoms with Gasteiger partial charge < -0.3 is 10.6 Å². The summed E-state index contributed by atoms with van der Waals surface area (Å²) in [7, 11) is 0. The highest BCUT2D eigenvalue weighted by atomic mass is 79.9. The summed E-state index contributed by atoms with van der Waals surface area (Å²) >= 11 is 8.67. The van der Waals surface area contributed by atoms with Gasteiger partial charge in [-0.3, -0.25) is 4.79 Å². The van der Waals surface area contributed by atoms with Crippen molar-refractivity contribution in [1.82, 2.24) is 10.6 Å². The van der Waals surface area contributed by atoms with Gasteiger partial charge in [-0.1, -0.05) is 0 Å². The van der Waals surface area contributed by atoms with Gasteiger partial charge in [0, 0.05) is 28.4 Å². The lowest BCUT2D eigenvalue weighted by Gasteiger charge is -2.04. The first-order chi connectivity index (χ1) is 8.65. The molecular weight excluding hydrogens is 380 g/mol. The monoisotopic (exact) mass is 394 g/mol. The molecule has 0 radical (unpaired) electrons. The van der Waals surface area contributed by atoms with Crippen LogP contribution in [0.4, 0.5) is 0 Å². The number of halogens is 2. The normalized spacial score (nSPS) is 14.8. The number of carbonyl (C=O) groups is 1. The molecule has 1 heterocycles. The Hall–Kier alpha value is 0.0900. The van der Waals surface area contributed by atoms with E-state index in [2.05, 4.69) is 48.6 Å². The molecule has 0 saturated heterocycles. The van der Waals surface area contributed by atoms with Gasteiger partial charge in [0.25, 0.3) is 0 Å². The largest absolute Gasteiger partial charge is 0.353 e. The van der Waals surface area contributed by atoms with Crippen molar-refractivity contribution >= 4 is 49.1 Å². The molecule has 0 spiro atoms. The van der Waals surface area contributed by atoms with Gasteiger partial charge in [0.05, 0.1) is 3.79 Å². The first kappa shape index (κ1) is 14.5. The lowest BCUT2D eigenvalue weighted by atomic mass is 10.3. The van der Waals surface area contributed by atoms with Crippen LogP contribution in [0.2, 0.25) is 0 Å². The number of hydrogen-bond acceptors (Lipinski definition) is 3. The van der Waals surface area contributed by atoms with Crippen LogP contribution in [0, 0.1) is 0 Å². The maximum absolute atomic E-state index is 11.4. The number of nitrogens with one attached hydrogen (secondary N) is 2. The molecule has 1 aromatic rings. The Labute approximate surface area is 128 Å². The SMILES string of the molecule is O=C(CCCNCc1cc(Br)c(Br)s1)NC1CC1. The van der Waals surface area contributed by atoms with Crippen LogP contribution in [0.25, 0.3) is 0 Å². The van der Waals surface area contributed by atoms with Gasteiger partial charge in [0.15, 0.2) is 0 Å². The summed E-state index contributed by atoms with van der Waals surface area (Å²) in [4.78, 5) is 12.7. The summed E-state index contributed by atoms with van der Waals surface area (Å²) in [5.41, 5.74) is 0. The van der Waals surface area contributed by atoms with Crippen LogP contribution in [-0.2, 0) is 11.3 Å². The quantitative estimate of drug-likeness (QED) is 0.694. The molecule has 0 aromatic carbocycles. The molecule has 6 heteroatoms. The van der Waals surface area contributed by atoms with Crippen LogP contribution in [0.5, 0.6) is 0 Å². The Morgan fingerprint density at radius 1 is 1.44 bits per heavy atom. The van der Waals surface area contributed by atoms with Crippen LogP contribution in [0.3, 0.4) is 0 Å². The van der Waals surface area contributed by atoms with E-state index in [1.807, 2.05) is 0 Å². The van der Waals surface area contributed by atoms with E-state index in [-0.39, 0.29) is 5.91 Å². The Bertz CT molecular complexity index is 399. The van der Waals surface area contributed by atoms with E-state index in [0.29, 0.717) is 12.5 Å². The van der Waals surface area contributed by atoms with E-state index in [1.54, 1.807) is 11.3 Å². The fourth-order valence-corrected chi connectivity index (χ4v) is 3.74. The van der Waals surface area contributed by atoms with Gasteiger partial charge in [0.1, 0.15) is 0 Å². The Morgan fingerprint density at radius 2 is 2.22 bits per heavy atom. The highest BCUT2D eigenvalue weighted by Crippen LogP contribution is 2.32. The van der Waals surface area contributed by atoms with Crippen LogP contribution < -0.4 is 10.6 Å². The molecule has 2 rings (SSSR count). The summed E-state index contributed by atoms with van der Waals surface area (Å²) in [6.07, 6.45) is 3.84. The van der Waals surface area contributed by atoms with Crippen molar-refractivity contribution in [2.75, 3.05) is 6.54 Å². The average molecular weight is 396 g/mol. The predicted molar refractivity (Wildman–Crippen MR) is 81.8 cm³/mol. The fourth-order valence-electron chi connectivity index (χ4n) is 1.59. The highest BCUT2D eigenvalue weighted by Gasteiger charge is 2.22. The molecule has 1 fully saturated rings. The van der Waals surface area contributed by atoms with Crippen molar-refractivity contribution in [1.29, 1.82) is 0 Å². The molecule has 0 bridgehead atoms. The summed E-state index contributed by atoms with van der Waals surface area (Å²) in [6.45, 7) is 1.74. The van der Waals surface area contributed by atoms with Gasteiger partial charge in [-0.2, -0.15) is 0 Å². The van der Waals surface area contributed by atoms with Crippen LogP contribution >= 0.6 is 43.2 Å². The Balaban J connectivity index is 1.54. The summed E-state index contributed by atoms with van der Waals surface area (Å²) in [6, 6.07) is 2.59. The molecule has 1 amide bonds. The first-order valence-corrected chi connectivity index (χ1v) is 8.49. The van der Waals surface area contributed by atoms with E-state index in [9.17, 15) is 4.79 Å². The fraction of sp³-hybridized carbons (Fsp3) is 0.583. The number of carbonyl (C=O) groups excluding carboxylic acids is 1. The second kappa shape index (κ2) is 7.03. The van der Waals surface area contributed by atoms with Crippen molar-refractivity contribution in [3.8, 4) is 0 Å². The van der Waals surface area contributed by atoms with Gasteiger partial charge in [-0.25, -0.2) is 0 Å². The molecule has 18 heavy (non-hydrogen) atoms. The van der Waals surface area contributed by atoms with Crippen molar-refractivity contribution in [3.05, 3.63) is 19.2 Å². The first-order valence-electron chi connectivity index (χ1n) is 6.09. The molecule has 3 nitrogen and oxygen atoms in total. The lowest BCUT2D eigenvalue weighted by Crippen LogP contribution is -2.26. The van der Waals surface area contributed by atoms with Crippen molar-refractivity contribution in [3.63, 3.8) is 0 Å². The minimum Gasteiger partial charge on any atom is -0.353 e. The van der Waals surface area contributed by atoms with Crippen molar-refractivity contribution in [2.45, 2.75) is 38.3 Å². The Kier molecular flexibility index (Phi) is 5.66. The minimum absolute atomic E-state index is 0.195. The molecule has 0 aliphatic heterocycles. The van der Waals surface area contributed by atoms with E-state index in [4.69, 9.17) is 0 Å². The summed E-state index contributed by atoms with van der Waals surface area (Å²) < 4.78 is 2.23. The van der Waals surface area contributed by atoms with E-state index < -0.39 is 0 Å². The van der Waals surface area contributed by atoms with Crippen molar-refractivity contribution < 1.29 is 4.79 Å². The van der Waals surface area contributed by atoms with Crippen molar-refractivity contribution in [2.24, 2.45) is 0 Å². The molecule has 1 aliphatic rings. The highest BCUT2D eigenvalue weighted by molar-refractivity contribution is 9.13. The standard InChI is InChI=1S/C12H16Br2N2OS/c13-10-6-9(18-12(10)14)7-15-5-1-2-11(17)16-8-3-4-8/h6,8,15H,1-5,7H2,(H,16,17). The van der Waals surface area contributed by atoms with Gasteiger partial charge >= 0.3 is 0 Å². The Morgan fingerprint density at radius 3 is 2.83 bits per heavy atom. The molecule has 2 N–H and O–H groups in total. The summed E-state index contributed by atoms with van der Waals surface area (Å²) in [5, 5.41) is 6.35.